The Balaban J connectivity index is 1.25. The quantitative estimate of drug-likeness (QED) is 0.0288. The highest BCUT2D eigenvalue weighted by atomic mass is 16.8. The summed E-state index contributed by atoms with van der Waals surface area (Å²) in [7, 11) is 0. The monoisotopic (exact) mass is 1110 g/mol. The second-order valence-corrected chi connectivity index (χ2v) is 20.9. The molecule has 0 saturated carbocycles. The summed E-state index contributed by atoms with van der Waals surface area (Å²) in [6.07, 6.45) is -15.4. The van der Waals surface area contributed by atoms with E-state index in [1.165, 1.54) is 6.92 Å². The van der Waals surface area contributed by atoms with Crippen molar-refractivity contribution >= 4 is 35.9 Å². The second-order valence-electron chi connectivity index (χ2n) is 20.9. The maximum atomic E-state index is 14.2. The number of alkyl carbamates (subject to hydrolysis) is 1. The van der Waals surface area contributed by atoms with Gasteiger partial charge in [-0.2, -0.15) is 0 Å². The average Bonchev–Trinajstić information content (AvgIpc) is 3.84. The van der Waals surface area contributed by atoms with Crippen molar-refractivity contribution in [2.24, 2.45) is 5.11 Å². The number of hydrogen-bond acceptors (Lipinski definition) is 19. The summed E-state index contributed by atoms with van der Waals surface area (Å²) >= 11 is 0. The molecule has 7 rings (SSSR count). The molecule has 0 unspecified atom stereocenters. The summed E-state index contributed by atoms with van der Waals surface area (Å²) in [4.78, 5) is 84.9. The molecule has 1 aliphatic carbocycles. The molecule has 4 aliphatic rings. The Morgan fingerprint density at radius 1 is 0.675 bits per heavy atom. The third kappa shape index (κ3) is 15.6. The molecule has 0 spiro atoms. The van der Waals surface area contributed by atoms with Gasteiger partial charge >= 0.3 is 35.9 Å². The number of hydrogen-bond donors (Lipinski definition) is 1. The zero-order valence-electron chi connectivity index (χ0n) is 46.6. The summed E-state index contributed by atoms with van der Waals surface area (Å²) in [5, 5.41) is 6.78. The van der Waals surface area contributed by atoms with Gasteiger partial charge in [0.25, 0.3) is 0 Å². The first-order valence-corrected chi connectivity index (χ1v) is 27.5. The van der Waals surface area contributed by atoms with Gasteiger partial charge in [0.15, 0.2) is 43.2 Å². The van der Waals surface area contributed by atoms with Gasteiger partial charge in [0.05, 0.1) is 12.7 Å². The third-order valence-electron chi connectivity index (χ3n) is 13.6. The van der Waals surface area contributed by atoms with Crippen LogP contribution in [0.15, 0.2) is 84.0 Å². The van der Waals surface area contributed by atoms with E-state index in [1.807, 2.05) is 54.6 Å². The number of benzene rings is 3. The van der Waals surface area contributed by atoms with E-state index < -0.39 is 128 Å². The lowest BCUT2D eigenvalue weighted by atomic mass is 9.94. The molecule has 3 fully saturated rings. The normalized spacial score (nSPS) is 25.9. The van der Waals surface area contributed by atoms with Crippen LogP contribution in [-0.2, 0) is 80.8 Å². The molecule has 3 aromatic carbocycles. The van der Waals surface area contributed by atoms with E-state index >= 15 is 0 Å². The van der Waals surface area contributed by atoms with Crippen molar-refractivity contribution in [1.29, 1.82) is 0 Å². The molecule has 22 heteroatoms. The lowest BCUT2D eigenvalue weighted by molar-refractivity contribution is -0.379. The number of carbonyl (C=O) groups is 6. The first-order valence-electron chi connectivity index (χ1n) is 27.5. The smallest absolute Gasteiger partial charge is 0.407 e. The van der Waals surface area contributed by atoms with Crippen LogP contribution in [0.2, 0.25) is 0 Å². The van der Waals surface area contributed by atoms with Gasteiger partial charge in [-0.15, -0.1) is 0 Å². The Kier molecular flexibility index (Phi) is 21.9. The van der Waals surface area contributed by atoms with Crippen LogP contribution in [-0.4, -0.2) is 135 Å². The van der Waals surface area contributed by atoms with Crippen molar-refractivity contribution in [2.45, 2.75) is 198 Å². The molecular formula is C58H74N4O18. The number of amides is 1. The van der Waals surface area contributed by atoms with E-state index in [-0.39, 0.29) is 44.8 Å². The maximum absolute atomic E-state index is 14.2. The van der Waals surface area contributed by atoms with E-state index in [2.05, 4.69) is 15.3 Å². The number of fused-ring (bicyclic) bond motifs is 4. The molecule has 0 radical (unpaired) electrons. The molecule has 1 amide bonds. The van der Waals surface area contributed by atoms with Gasteiger partial charge in [-0.3, -0.25) is 19.2 Å². The van der Waals surface area contributed by atoms with Gasteiger partial charge < -0.3 is 62.2 Å². The summed E-state index contributed by atoms with van der Waals surface area (Å²) in [6, 6.07) is 21.5. The summed E-state index contributed by atoms with van der Waals surface area (Å²) < 4.78 is 74.9. The van der Waals surface area contributed by atoms with Crippen molar-refractivity contribution in [3.8, 4) is 11.1 Å². The molecule has 22 nitrogen and oxygen atoms in total. The largest absolute Gasteiger partial charge is 0.463 e. The third-order valence-corrected chi connectivity index (χ3v) is 13.6. The first-order chi connectivity index (χ1) is 38.5. The van der Waals surface area contributed by atoms with Crippen LogP contribution in [0.5, 0.6) is 0 Å². The lowest BCUT2D eigenvalue weighted by Crippen LogP contribution is -2.67. The zero-order chi connectivity index (χ0) is 57.5. The van der Waals surface area contributed by atoms with Gasteiger partial charge in [-0.25, -0.2) is 9.59 Å². The van der Waals surface area contributed by atoms with E-state index in [0.717, 1.165) is 22.3 Å². The molecule has 3 heterocycles. The van der Waals surface area contributed by atoms with Gasteiger partial charge in [-0.1, -0.05) is 112 Å². The topological polar surface area (TPSA) is 274 Å². The molecule has 3 aromatic rings. The van der Waals surface area contributed by atoms with Crippen LogP contribution in [0.3, 0.4) is 0 Å². The molecule has 1 N–H and O–H groups in total. The Hall–Kier alpha value is -6.65. The molecule has 0 bridgehead atoms. The molecule has 3 saturated heterocycles. The minimum Gasteiger partial charge on any atom is -0.463 e. The molecule has 3 aliphatic heterocycles. The van der Waals surface area contributed by atoms with E-state index in [4.69, 9.17) is 56.8 Å². The highest BCUT2D eigenvalue weighted by Crippen LogP contribution is 2.45. The zero-order valence-corrected chi connectivity index (χ0v) is 46.6. The van der Waals surface area contributed by atoms with E-state index in [0.29, 0.717) is 31.2 Å². The van der Waals surface area contributed by atoms with Crippen LogP contribution >= 0.6 is 0 Å². The fraction of sp³-hybridized carbons (Fsp3) is 0.586. The number of nitrogens with one attached hydrogen (secondary N) is 1. The maximum Gasteiger partial charge on any atom is 0.407 e. The Labute approximate surface area is 465 Å². The Bertz CT molecular complexity index is 2600. The molecule has 434 valence electrons. The van der Waals surface area contributed by atoms with Gasteiger partial charge in [0.2, 0.25) is 0 Å². The average molecular weight is 1120 g/mol. The predicted molar refractivity (Wildman–Crippen MR) is 284 cm³/mol. The number of carbonyl (C=O) groups excluding carboxylic acids is 6. The van der Waals surface area contributed by atoms with Crippen LogP contribution in [0.25, 0.3) is 21.6 Å². The lowest BCUT2D eigenvalue weighted by Gasteiger charge is -2.51. The number of nitrogens with zero attached hydrogens (tertiary/aromatic N) is 3. The molecular weight excluding hydrogens is 1040 g/mol. The van der Waals surface area contributed by atoms with Crippen molar-refractivity contribution in [1.82, 2.24) is 5.32 Å². The first kappa shape index (κ1) is 61.0. The van der Waals surface area contributed by atoms with E-state index in [9.17, 15) is 34.3 Å². The molecule has 0 aromatic heterocycles. The number of ether oxygens (including phenoxy) is 12. The van der Waals surface area contributed by atoms with Gasteiger partial charge in [0.1, 0.15) is 49.3 Å². The second kappa shape index (κ2) is 28.7. The SMILES string of the molecule is CCCC(=O)OC[C@@H]1O[C@H](O[C@H]2[C@@H](N=[N+]=[N-])[C@@H](O[C@@H](C)[C@H](NC(=O)OCC3c4ccccc4-c4ccccc43)C(=O)OC(C)(C)C)O[C@@H]3CO[C@@H](c4ccccc4)O[C@@H]23)[C@H](OC(=O)CCC)[C@H](OC(=O)CCC)[C@H]1OC(=O)CCC. The number of esters is 5. The van der Waals surface area contributed by atoms with Crippen LogP contribution in [0.1, 0.15) is 136 Å². The summed E-state index contributed by atoms with van der Waals surface area (Å²) in [5.41, 5.74) is 13.9. The summed E-state index contributed by atoms with van der Waals surface area (Å²) in [5.74, 6) is -4.00. The van der Waals surface area contributed by atoms with E-state index in [1.54, 1.807) is 72.7 Å². The fourth-order valence-electron chi connectivity index (χ4n) is 9.95. The number of azide groups is 1. The Morgan fingerprint density at radius 2 is 1.24 bits per heavy atom. The fourth-order valence-corrected chi connectivity index (χ4v) is 9.95. The molecule has 80 heavy (non-hydrogen) atoms. The number of rotatable bonds is 24. The van der Waals surface area contributed by atoms with Gasteiger partial charge in [-0.05, 0) is 81.2 Å². The Morgan fingerprint density at radius 3 is 1.82 bits per heavy atom. The van der Waals surface area contributed by atoms with Crippen LogP contribution in [0.4, 0.5) is 4.79 Å². The summed E-state index contributed by atoms with van der Waals surface area (Å²) in [6.45, 7) is 12.7. The minimum absolute atomic E-state index is 0.0376. The van der Waals surface area contributed by atoms with Crippen LogP contribution in [0, 0.1) is 0 Å². The standard InChI is InChI=1S/C58H74N4O18/c1-9-20-42(63)69-31-40-49(75-43(64)21-10-2)51(76-44(65)22-11-3)52(77-45(66)23-12-4)56(74-40)79-50-47(61-62-59)55(73-41-32-70-54(78-48(41)50)34-24-14-13-15-25-34)72-33(5)46(53(67)80-58(6,7)8)60-57(68)71-30-39-37-28-18-16-26-35(37)36-27-17-19-29-38(36)39/h13-19,24-29,33,39-41,46-52,54-56H,9-12,20-23,30-32H2,1-8H3,(H,60,68)/t33-,40-,41+,46-,47+,48+,49-,50-,51+,52+,54+,55-,56+/m0/s1. The molecule has 13 atom stereocenters. The predicted octanol–water partition coefficient (Wildman–Crippen LogP) is 8.75. The van der Waals surface area contributed by atoms with Crippen molar-refractivity contribution in [3.05, 3.63) is 106 Å². The minimum atomic E-state index is -1.78. The van der Waals surface area contributed by atoms with Gasteiger partial charge in [0, 0.05) is 42.1 Å². The van der Waals surface area contributed by atoms with Crippen molar-refractivity contribution in [3.63, 3.8) is 0 Å². The van der Waals surface area contributed by atoms with Crippen molar-refractivity contribution < 1.29 is 85.6 Å². The van der Waals surface area contributed by atoms with Crippen molar-refractivity contribution in [2.75, 3.05) is 19.8 Å². The highest BCUT2D eigenvalue weighted by molar-refractivity contribution is 5.83. The highest BCUT2D eigenvalue weighted by Gasteiger charge is 2.58. The van der Waals surface area contributed by atoms with Crippen LogP contribution < -0.4 is 5.32 Å².